The standard InChI is InChI=1S/2C29H41N2.2C21H20NO.2C7H8.2Y/c2*1-18(2)24-13-11-14-25(19(3)4)28(24)30-22(9)17-23(10)31-29-26(20(5)6)15-12-16-27(29)21(7)8;2*23-21-14-8-7-13-20(21)22-19(15-17-9-3-1-4-10-17)16-18-11-5-2-6-12-18;2*1-7-5-3-2-4-6-7;;/h2*11-21H,1-10H3;2*1-14,19,23H,15-16H2;2*2-6H,1H3;;/q4*-1;;;2*+3/p-2/b2*22-17-,31-23?;;;;;;. The van der Waals surface area contributed by atoms with Crippen LogP contribution in [-0.4, -0.2) is 23.5 Å². The van der Waals surface area contributed by atoms with Gasteiger partial charge in [-0.3, -0.25) is 9.98 Å². The topological polar surface area (TPSA) is 127 Å². The summed E-state index contributed by atoms with van der Waals surface area (Å²) in [7, 11) is 0. The van der Waals surface area contributed by atoms with Crippen LogP contribution in [0.5, 0.6) is 11.5 Å². The summed E-state index contributed by atoms with van der Waals surface area (Å²) >= 11 is 0. The van der Waals surface area contributed by atoms with Gasteiger partial charge in [-0.05, 0) is 145 Å². The van der Waals surface area contributed by atoms with Crippen molar-refractivity contribution in [1.29, 1.82) is 0 Å². The van der Waals surface area contributed by atoms with E-state index in [2.05, 4.69) is 310 Å². The smallest absolute Gasteiger partial charge is 0.873 e. The van der Waals surface area contributed by atoms with E-state index in [1.807, 2.05) is 121 Å². The molecule has 124 heavy (non-hydrogen) atoms. The molecule has 0 saturated carbocycles. The molecule has 8 nitrogen and oxygen atoms in total. The molecule has 0 radical (unpaired) electrons. The SMILES string of the molecule is CC(/C=C(/C)[N-]c1c(C(C)C)cccc1C(C)C)=Nc1c(C(C)C)cccc1C(C)C.CC(/C=C(/C)[N-]c1c(C(C)C)cccc1C(C)C)=Nc1c(C(C)C)cccc1C(C)C.Cc1ccccc1.Cc1ccccc1.[O-]c1ccccc1[N-]C(Cc1ccccc1)Cc1ccccc1.[O-]c1ccccc1[N-]C(Cc1ccccc1)Cc1ccccc1.[Y+3].[Y+3]. The molecular weight excluding hydrogens is 1660 g/mol. The molecule has 0 saturated heterocycles. The van der Waals surface area contributed by atoms with E-state index in [1.165, 1.54) is 77.9 Å². The van der Waals surface area contributed by atoms with E-state index in [0.29, 0.717) is 58.7 Å². The molecular formula is C114H136N6O2Y2. The van der Waals surface area contributed by atoms with E-state index in [-0.39, 0.29) is 89.0 Å². The molecule has 10 heteroatoms. The number of rotatable bonds is 28. The van der Waals surface area contributed by atoms with Gasteiger partial charge in [-0.1, -0.05) is 473 Å². The van der Waals surface area contributed by atoms with Crippen LogP contribution >= 0.6 is 0 Å². The Morgan fingerprint density at radius 1 is 0.266 bits per heavy atom. The number of allylic oxidation sites excluding steroid dienone is 4. The summed E-state index contributed by atoms with van der Waals surface area (Å²) in [5.74, 6) is 3.46. The molecule has 0 aromatic heterocycles. The van der Waals surface area contributed by atoms with E-state index in [9.17, 15) is 10.2 Å². The zero-order valence-corrected chi connectivity index (χ0v) is 84.0. The Kier molecular flexibility index (Phi) is 47.2. The zero-order valence-electron chi connectivity index (χ0n) is 78.3. The second kappa shape index (κ2) is 55.7. The predicted octanol–water partition coefficient (Wildman–Crippen LogP) is 33.0. The van der Waals surface area contributed by atoms with Gasteiger partial charge >= 0.3 is 65.4 Å². The van der Waals surface area contributed by atoms with Crippen LogP contribution in [0.2, 0.25) is 0 Å². The van der Waals surface area contributed by atoms with Gasteiger partial charge in [0, 0.05) is 11.4 Å². The van der Waals surface area contributed by atoms with Gasteiger partial charge in [0.05, 0.1) is 11.4 Å². The van der Waals surface area contributed by atoms with Crippen molar-refractivity contribution >= 4 is 45.5 Å². The molecule has 12 rings (SSSR count). The fraction of sp³-hybridized carbons (Fsp3) is 0.316. The number of aliphatic imine (C=N–C) groups is 2. The van der Waals surface area contributed by atoms with Crippen LogP contribution in [0.15, 0.2) is 337 Å². The Balaban J connectivity index is 0.000000278. The second-order valence-corrected chi connectivity index (χ2v) is 34.2. The first-order chi connectivity index (χ1) is 58.5. The van der Waals surface area contributed by atoms with Crippen LogP contribution in [0, 0.1) is 13.8 Å². The molecule has 0 atom stereocenters. The Hall–Kier alpha value is -9.53. The number of aryl methyl sites for hydroxylation is 2. The van der Waals surface area contributed by atoms with Crippen molar-refractivity contribution in [3.8, 4) is 11.5 Å². The van der Waals surface area contributed by atoms with Gasteiger partial charge in [0.25, 0.3) is 0 Å². The van der Waals surface area contributed by atoms with Crippen molar-refractivity contribution in [3.05, 3.63) is 426 Å². The van der Waals surface area contributed by atoms with Crippen LogP contribution in [0.1, 0.15) is 264 Å². The average Bonchev–Trinajstić information content (AvgIpc) is 0.830. The summed E-state index contributed by atoms with van der Waals surface area (Å²) in [6, 6.07) is 102. The van der Waals surface area contributed by atoms with Gasteiger partial charge in [0.2, 0.25) is 0 Å². The molecule has 0 heterocycles. The first-order valence-electron chi connectivity index (χ1n) is 44.0. The zero-order chi connectivity index (χ0) is 88.6. The third kappa shape index (κ3) is 36.2. The summed E-state index contributed by atoms with van der Waals surface area (Å²) in [4.78, 5) is 10.2. The van der Waals surface area contributed by atoms with E-state index >= 15 is 0 Å². The number of hydrogen-bond acceptors (Lipinski definition) is 4. The number of para-hydroxylation sites is 8. The third-order valence-electron chi connectivity index (χ3n) is 20.9. The molecule has 0 aliphatic carbocycles. The van der Waals surface area contributed by atoms with Crippen molar-refractivity contribution in [3.63, 3.8) is 0 Å². The molecule has 12 aromatic rings. The van der Waals surface area contributed by atoms with Crippen LogP contribution in [0.25, 0.3) is 21.3 Å². The molecule has 0 aliphatic rings. The van der Waals surface area contributed by atoms with E-state index < -0.39 is 0 Å². The number of hydrogen-bond donors (Lipinski definition) is 0. The second-order valence-electron chi connectivity index (χ2n) is 34.2. The van der Waals surface area contributed by atoms with Crippen molar-refractivity contribution in [1.82, 2.24) is 0 Å². The average molecular weight is 1800 g/mol. The van der Waals surface area contributed by atoms with Gasteiger partial charge in [0.15, 0.2) is 0 Å². The van der Waals surface area contributed by atoms with E-state index in [0.717, 1.165) is 71.3 Å². The summed E-state index contributed by atoms with van der Waals surface area (Å²) in [5.41, 5.74) is 27.6. The Labute approximate surface area is 798 Å². The minimum Gasteiger partial charge on any atom is -0.873 e. The summed E-state index contributed by atoms with van der Waals surface area (Å²) in [6.45, 7) is 48.3. The number of benzene rings is 12. The van der Waals surface area contributed by atoms with Crippen molar-refractivity contribution in [2.45, 2.75) is 237 Å². The fourth-order valence-corrected chi connectivity index (χ4v) is 14.5. The van der Waals surface area contributed by atoms with Crippen LogP contribution in [-0.2, 0) is 91.1 Å². The minimum atomic E-state index is -0.0152. The van der Waals surface area contributed by atoms with Gasteiger partial charge < -0.3 is 31.5 Å². The summed E-state index contributed by atoms with van der Waals surface area (Å²) in [6.07, 6.45) is 7.52. The quantitative estimate of drug-likeness (QED) is 0.0453. The van der Waals surface area contributed by atoms with Gasteiger partial charge in [-0.25, -0.2) is 0 Å². The molecule has 0 spiro atoms. The predicted molar refractivity (Wildman–Crippen MR) is 526 cm³/mol. The molecule has 0 unspecified atom stereocenters. The van der Waals surface area contributed by atoms with Crippen LogP contribution in [0.4, 0.5) is 34.1 Å². The summed E-state index contributed by atoms with van der Waals surface area (Å²) in [5, 5.41) is 43.6. The largest absolute Gasteiger partial charge is 3.00 e. The molecule has 0 fully saturated rings. The van der Waals surface area contributed by atoms with Gasteiger partial charge in [-0.2, -0.15) is 11.4 Å². The first-order valence-corrected chi connectivity index (χ1v) is 44.0. The Morgan fingerprint density at radius 2 is 0.468 bits per heavy atom. The van der Waals surface area contributed by atoms with Crippen LogP contribution < -0.4 is 10.2 Å². The van der Waals surface area contributed by atoms with Gasteiger partial charge in [0.1, 0.15) is 0 Å². The maximum Gasteiger partial charge on any atom is 3.00 e. The molecule has 640 valence electrons. The fourth-order valence-electron chi connectivity index (χ4n) is 14.5. The Morgan fingerprint density at radius 3 is 0.669 bits per heavy atom. The van der Waals surface area contributed by atoms with Crippen molar-refractivity contribution in [2.24, 2.45) is 9.98 Å². The minimum absolute atomic E-state index is 0. The molecule has 0 amide bonds. The van der Waals surface area contributed by atoms with Crippen molar-refractivity contribution in [2.75, 3.05) is 0 Å². The normalized spacial score (nSPS) is 11.5. The Bertz CT molecular complexity index is 4660. The molecule has 0 N–H and O–H groups in total. The maximum absolute atomic E-state index is 12.0. The molecule has 0 aliphatic heterocycles. The van der Waals surface area contributed by atoms with Crippen LogP contribution in [0.3, 0.4) is 0 Å². The van der Waals surface area contributed by atoms with Crippen molar-refractivity contribution < 1.29 is 75.6 Å². The molecule has 12 aromatic carbocycles. The van der Waals surface area contributed by atoms with E-state index in [4.69, 9.17) is 31.3 Å². The van der Waals surface area contributed by atoms with Gasteiger partial charge in [-0.15, -0.1) is 46.3 Å². The summed E-state index contributed by atoms with van der Waals surface area (Å²) < 4.78 is 0. The van der Waals surface area contributed by atoms with E-state index in [1.54, 1.807) is 36.4 Å². The number of nitrogens with zero attached hydrogens (tertiary/aromatic N) is 6. The maximum atomic E-state index is 12.0. The third-order valence-corrected chi connectivity index (χ3v) is 20.9. The monoisotopic (exact) mass is 1800 g/mol. The first kappa shape index (κ1) is 105. The molecule has 0 bridgehead atoms.